The molecule has 0 amide bonds. The molecule has 3 aromatic carbocycles. The second-order valence-corrected chi connectivity index (χ2v) is 9.55. The van der Waals surface area contributed by atoms with E-state index in [0.29, 0.717) is 22.3 Å². The summed E-state index contributed by atoms with van der Waals surface area (Å²) in [7, 11) is -3.35. The van der Waals surface area contributed by atoms with Crippen LogP contribution in [0.5, 0.6) is 0 Å². The molecule has 5 nitrogen and oxygen atoms in total. The fourth-order valence-corrected chi connectivity index (χ4v) is 4.10. The zero-order chi connectivity index (χ0) is 23.4. The van der Waals surface area contributed by atoms with Gasteiger partial charge in [0.2, 0.25) is 0 Å². The van der Waals surface area contributed by atoms with Crippen molar-refractivity contribution in [3.63, 3.8) is 0 Å². The molecular formula is C26H21FN2O3S. The maximum Gasteiger partial charge on any atom is 0.275 e. The number of hydrogen-bond donors (Lipinski definition) is 0. The SMILES string of the molecule is CS(=O)(=O)c1ccc(-c2cnn(C/C=C/c3ccccc3)c(=O)c2-c2ccc(F)cc2)cc1. The molecule has 0 radical (unpaired) electrons. The first-order valence-electron chi connectivity index (χ1n) is 10.2. The molecule has 1 aromatic heterocycles. The quantitative estimate of drug-likeness (QED) is 0.413. The maximum atomic E-state index is 13.5. The first-order chi connectivity index (χ1) is 15.8. The van der Waals surface area contributed by atoms with E-state index in [2.05, 4.69) is 5.10 Å². The fraction of sp³-hybridized carbons (Fsp3) is 0.0769. The molecule has 0 saturated heterocycles. The van der Waals surface area contributed by atoms with Crippen molar-refractivity contribution >= 4 is 15.9 Å². The van der Waals surface area contributed by atoms with E-state index in [1.165, 1.54) is 28.9 Å². The molecule has 0 aliphatic rings. The summed E-state index contributed by atoms with van der Waals surface area (Å²) >= 11 is 0. The van der Waals surface area contributed by atoms with Crippen LogP contribution in [0.1, 0.15) is 5.56 Å². The third kappa shape index (κ3) is 5.15. The Bertz CT molecular complexity index is 1460. The van der Waals surface area contributed by atoms with E-state index in [0.717, 1.165) is 11.8 Å². The minimum absolute atomic E-state index is 0.182. The second kappa shape index (κ2) is 9.34. The van der Waals surface area contributed by atoms with Crippen LogP contribution in [-0.2, 0) is 16.4 Å². The molecule has 166 valence electrons. The van der Waals surface area contributed by atoms with Gasteiger partial charge < -0.3 is 0 Å². The average Bonchev–Trinajstić information content (AvgIpc) is 2.81. The number of hydrogen-bond acceptors (Lipinski definition) is 4. The predicted molar refractivity (Wildman–Crippen MR) is 128 cm³/mol. The summed E-state index contributed by atoms with van der Waals surface area (Å²) in [6.45, 7) is 0.259. The lowest BCUT2D eigenvalue weighted by Gasteiger charge is -2.12. The summed E-state index contributed by atoms with van der Waals surface area (Å²) in [5.74, 6) is -0.405. The summed E-state index contributed by atoms with van der Waals surface area (Å²) in [4.78, 5) is 13.6. The monoisotopic (exact) mass is 460 g/mol. The van der Waals surface area contributed by atoms with Crippen molar-refractivity contribution in [2.24, 2.45) is 0 Å². The van der Waals surface area contributed by atoms with Crippen LogP contribution in [0.15, 0.2) is 101 Å². The Morgan fingerprint density at radius 2 is 1.55 bits per heavy atom. The van der Waals surface area contributed by atoms with Crippen LogP contribution >= 0.6 is 0 Å². The normalized spacial score (nSPS) is 11.7. The van der Waals surface area contributed by atoms with E-state index < -0.39 is 15.7 Å². The molecule has 0 fully saturated rings. The van der Waals surface area contributed by atoms with Crippen LogP contribution < -0.4 is 5.56 Å². The van der Waals surface area contributed by atoms with Crippen LogP contribution in [0.3, 0.4) is 0 Å². The van der Waals surface area contributed by atoms with E-state index in [9.17, 15) is 17.6 Å². The molecule has 0 atom stereocenters. The molecule has 0 spiro atoms. The largest absolute Gasteiger partial charge is 0.275 e. The van der Waals surface area contributed by atoms with E-state index in [1.807, 2.05) is 42.5 Å². The smallest absolute Gasteiger partial charge is 0.267 e. The summed E-state index contributed by atoms with van der Waals surface area (Å²) in [5.41, 5.74) is 2.76. The van der Waals surface area contributed by atoms with Gasteiger partial charge in [0.1, 0.15) is 5.82 Å². The van der Waals surface area contributed by atoms with Crippen LogP contribution in [0.2, 0.25) is 0 Å². The Morgan fingerprint density at radius 3 is 2.18 bits per heavy atom. The summed E-state index contributed by atoms with van der Waals surface area (Å²) in [5, 5.41) is 4.32. The standard InChI is InChI=1S/C26H21FN2O3S/c1-33(31,32)23-15-11-20(12-16-23)24-18-28-29(17-5-8-19-6-3-2-4-7-19)26(30)25(24)21-9-13-22(27)14-10-21/h2-16,18H,17H2,1H3/b8-5+. The number of aromatic nitrogens is 2. The molecule has 0 saturated carbocycles. The predicted octanol–water partition coefficient (Wildman–Crippen LogP) is 4.83. The third-order valence-electron chi connectivity index (χ3n) is 5.16. The minimum atomic E-state index is -3.35. The Kier molecular flexibility index (Phi) is 6.33. The molecule has 0 aliphatic heterocycles. The zero-order valence-electron chi connectivity index (χ0n) is 17.9. The first kappa shape index (κ1) is 22.4. The number of rotatable bonds is 6. The summed E-state index contributed by atoms with van der Waals surface area (Å²) < 4.78 is 38.5. The van der Waals surface area contributed by atoms with Gasteiger partial charge >= 0.3 is 0 Å². The zero-order valence-corrected chi connectivity index (χ0v) is 18.7. The van der Waals surface area contributed by atoms with Crippen molar-refractivity contribution in [1.29, 1.82) is 0 Å². The topological polar surface area (TPSA) is 69.0 Å². The number of allylic oxidation sites excluding steroid dienone is 1. The lowest BCUT2D eigenvalue weighted by molar-refractivity contribution is 0.602. The van der Waals surface area contributed by atoms with E-state index in [-0.39, 0.29) is 17.0 Å². The van der Waals surface area contributed by atoms with E-state index >= 15 is 0 Å². The van der Waals surface area contributed by atoms with Gasteiger partial charge in [-0.05, 0) is 41.0 Å². The van der Waals surface area contributed by atoms with E-state index in [1.54, 1.807) is 30.5 Å². The summed E-state index contributed by atoms with van der Waals surface area (Å²) in [6.07, 6.45) is 6.46. The van der Waals surface area contributed by atoms with Crippen molar-refractivity contribution in [1.82, 2.24) is 9.78 Å². The molecule has 0 unspecified atom stereocenters. The van der Waals surface area contributed by atoms with Crippen LogP contribution in [-0.4, -0.2) is 24.5 Å². The molecule has 7 heteroatoms. The minimum Gasteiger partial charge on any atom is -0.267 e. The van der Waals surface area contributed by atoms with Crippen molar-refractivity contribution in [3.8, 4) is 22.3 Å². The molecule has 1 heterocycles. The molecular weight excluding hydrogens is 439 g/mol. The Hall–Kier alpha value is -3.84. The Labute approximate surface area is 191 Å². The van der Waals surface area contributed by atoms with E-state index in [4.69, 9.17) is 0 Å². The number of benzene rings is 3. The van der Waals surface area contributed by atoms with Gasteiger partial charge in [0, 0.05) is 11.8 Å². The van der Waals surface area contributed by atoms with Gasteiger partial charge in [-0.25, -0.2) is 17.5 Å². The van der Waals surface area contributed by atoms with Gasteiger partial charge in [0.05, 0.1) is 23.2 Å². The van der Waals surface area contributed by atoms with Crippen molar-refractivity contribution in [2.75, 3.05) is 6.26 Å². The lowest BCUT2D eigenvalue weighted by Crippen LogP contribution is -2.24. The third-order valence-corrected chi connectivity index (χ3v) is 6.29. The highest BCUT2D eigenvalue weighted by Gasteiger charge is 2.16. The summed E-state index contributed by atoms with van der Waals surface area (Å²) in [6, 6.07) is 21.7. The van der Waals surface area contributed by atoms with Crippen molar-refractivity contribution < 1.29 is 12.8 Å². The number of sulfone groups is 1. The number of halogens is 1. The van der Waals surface area contributed by atoms with Gasteiger partial charge in [-0.2, -0.15) is 5.10 Å². The van der Waals surface area contributed by atoms with Gasteiger partial charge in [-0.1, -0.05) is 66.7 Å². The van der Waals surface area contributed by atoms with Gasteiger partial charge in [0.25, 0.3) is 5.56 Å². The highest BCUT2D eigenvalue weighted by molar-refractivity contribution is 7.90. The van der Waals surface area contributed by atoms with Crippen LogP contribution in [0.25, 0.3) is 28.3 Å². The molecule has 0 N–H and O–H groups in total. The van der Waals surface area contributed by atoms with Crippen LogP contribution in [0.4, 0.5) is 4.39 Å². The molecule has 4 rings (SSSR count). The fourth-order valence-electron chi connectivity index (χ4n) is 3.47. The second-order valence-electron chi connectivity index (χ2n) is 7.54. The van der Waals surface area contributed by atoms with Crippen molar-refractivity contribution in [3.05, 3.63) is 113 Å². The first-order valence-corrected chi connectivity index (χ1v) is 12.1. The van der Waals surface area contributed by atoms with Crippen molar-refractivity contribution in [2.45, 2.75) is 11.4 Å². The average molecular weight is 461 g/mol. The molecule has 0 aliphatic carbocycles. The Morgan fingerprint density at radius 1 is 0.909 bits per heavy atom. The maximum absolute atomic E-state index is 13.5. The van der Waals surface area contributed by atoms with Crippen LogP contribution in [0, 0.1) is 5.82 Å². The van der Waals surface area contributed by atoms with Gasteiger partial charge in [-0.3, -0.25) is 4.79 Å². The molecule has 0 bridgehead atoms. The Balaban J connectivity index is 1.78. The van der Waals surface area contributed by atoms with Gasteiger partial charge in [0.15, 0.2) is 9.84 Å². The molecule has 4 aromatic rings. The highest BCUT2D eigenvalue weighted by atomic mass is 32.2. The molecule has 33 heavy (non-hydrogen) atoms. The lowest BCUT2D eigenvalue weighted by atomic mass is 9.97. The highest BCUT2D eigenvalue weighted by Crippen LogP contribution is 2.29. The number of nitrogens with zero attached hydrogens (tertiary/aromatic N) is 2. The van der Waals surface area contributed by atoms with Gasteiger partial charge in [-0.15, -0.1) is 0 Å².